The molecular weight excluding hydrogens is 394 g/mol. The van der Waals surface area contributed by atoms with Crippen molar-refractivity contribution < 1.29 is 14.3 Å². The van der Waals surface area contributed by atoms with Crippen LogP contribution in [0.2, 0.25) is 0 Å². The SMILES string of the molecule is CCc1c(-c2ccc(OC)c(OC)c2)[nH]c2cnc(C(=O)N3CC4CNCC4C3)nc12. The van der Waals surface area contributed by atoms with Gasteiger partial charge in [0.15, 0.2) is 11.5 Å². The third-order valence-electron chi connectivity index (χ3n) is 6.53. The molecule has 4 heterocycles. The van der Waals surface area contributed by atoms with Crippen molar-refractivity contribution >= 4 is 16.9 Å². The summed E-state index contributed by atoms with van der Waals surface area (Å²) in [6.45, 7) is 5.62. The van der Waals surface area contributed by atoms with Crippen LogP contribution in [-0.2, 0) is 6.42 Å². The molecule has 1 aromatic carbocycles. The van der Waals surface area contributed by atoms with Crippen molar-refractivity contribution in [3.63, 3.8) is 0 Å². The quantitative estimate of drug-likeness (QED) is 0.658. The highest BCUT2D eigenvalue weighted by molar-refractivity contribution is 5.94. The van der Waals surface area contributed by atoms with Gasteiger partial charge in [-0.1, -0.05) is 6.92 Å². The summed E-state index contributed by atoms with van der Waals surface area (Å²) in [6.07, 6.45) is 2.49. The number of carbonyl (C=O) groups is 1. The van der Waals surface area contributed by atoms with E-state index in [0.717, 1.165) is 60.5 Å². The second-order valence-corrected chi connectivity index (χ2v) is 8.25. The second kappa shape index (κ2) is 7.85. The fraction of sp³-hybridized carbons (Fsp3) is 0.435. The number of aromatic amines is 1. The molecule has 0 bridgehead atoms. The molecule has 2 fully saturated rings. The molecular formula is C23H27N5O3. The normalized spacial score (nSPS) is 20.3. The van der Waals surface area contributed by atoms with Crippen molar-refractivity contribution in [3.8, 4) is 22.8 Å². The Balaban J connectivity index is 1.50. The third kappa shape index (κ3) is 3.31. The van der Waals surface area contributed by atoms with Gasteiger partial charge in [0.25, 0.3) is 5.91 Å². The number of nitrogens with zero attached hydrogens (tertiary/aromatic N) is 3. The molecule has 0 radical (unpaired) electrons. The lowest BCUT2D eigenvalue weighted by Gasteiger charge is -2.16. The number of aromatic nitrogens is 3. The Morgan fingerprint density at radius 1 is 1.16 bits per heavy atom. The predicted octanol–water partition coefficient (Wildman–Crippen LogP) is 2.50. The van der Waals surface area contributed by atoms with Crippen molar-refractivity contribution in [1.82, 2.24) is 25.2 Å². The Bertz CT molecular complexity index is 1130. The van der Waals surface area contributed by atoms with Crippen LogP contribution in [0.15, 0.2) is 24.4 Å². The summed E-state index contributed by atoms with van der Waals surface area (Å²) in [7, 11) is 3.25. The van der Waals surface area contributed by atoms with E-state index in [0.29, 0.717) is 23.3 Å². The molecule has 0 aliphatic carbocycles. The number of hydrogen-bond acceptors (Lipinski definition) is 6. The first-order valence-corrected chi connectivity index (χ1v) is 10.7. The van der Waals surface area contributed by atoms with Crippen molar-refractivity contribution in [2.45, 2.75) is 13.3 Å². The van der Waals surface area contributed by atoms with Crippen molar-refractivity contribution in [2.75, 3.05) is 40.4 Å². The number of carbonyl (C=O) groups excluding carboxylic acids is 1. The number of methoxy groups -OCH3 is 2. The Hall–Kier alpha value is -3.13. The molecule has 2 saturated heterocycles. The van der Waals surface area contributed by atoms with Gasteiger partial charge in [-0.2, -0.15) is 0 Å². The van der Waals surface area contributed by atoms with Crippen molar-refractivity contribution in [3.05, 3.63) is 35.8 Å². The van der Waals surface area contributed by atoms with Gasteiger partial charge in [-0.3, -0.25) is 4.79 Å². The summed E-state index contributed by atoms with van der Waals surface area (Å²) in [5.41, 5.74) is 4.60. The van der Waals surface area contributed by atoms with Gasteiger partial charge < -0.3 is 24.7 Å². The van der Waals surface area contributed by atoms with Crippen molar-refractivity contribution in [1.29, 1.82) is 0 Å². The zero-order valence-electron chi connectivity index (χ0n) is 18.1. The van der Waals surface area contributed by atoms with Gasteiger partial charge in [0.05, 0.1) is 37.1 Å². The molecule has 2 N–H and O–H groups in total. The van der Waals surface area contributed by atoms with Crippen molar-refractivity contribution in [2.24, 2.45) is 11.8 Å². The number of benzene rings is 1. The standard InChI is InChI=1S/C23H27N5O3/c1-4-16-20(13-5-6-18(30-2)19(7-13)31-3)26-17-10-25-22(27-21(16)17)23(29)28-11-14-8-24-9-15(14)12-28/h5-7,10,14-15,24,26H,4,8-9,11-12H2,1-3H3. The molecule has 5 rings (SSSR count). The van der Waals surface area contributed by atoms with Crippen LogP contribution in [0.3, 0.4) is 0 Å². The summed E-state index contributed by atoms with van der Waals surface area (Å²) in [6, 6.07) is 5.82. The van der Waals surface area contributed by atoms with E-state index in [2.05, 4.69) is 22.2 Å². The van der Waals surface area contributed by atoms with Gasteiger partial charge in [-0.05, 0) is 36.5 Å². The summed E-state index contributed by atoms with van der Waals surface area (Å²) in [5.74, 6) is 2.63. The molecule has 0 saturated carbocycles. The molecule has 2 aliphatic heterocycles. The number of hydrogen-bond donors (Lipinski definition) is 2. The highest BCUT2D eigenvalue weighted by atomic mass is 16.5. The molecule has 1 amide bonds. The van der Waals surface area contributed by atoms with Gasteiger partial charge in [-0.25, -0.2) is 9.97 Å². The van der Waals surface area contributed by atoms with Crippen LogP contribution in [0.5, 0.6) is 11.5 Å². The smallest absolute Gasteiger partial charge is 0.291 e. The summed E-state index contributed by atoms with van der Waals surface area (Å²) in [5, 5.41) is 3.41. The van der Waals surface area contributed by atoms with Crippen LogP contribution in [0.25, 0.3) is 22.3 Å². The highest BCUT2D eigenvalue weighted by Gasteiger charge is 2.39. The molecule has 3 aromatic rings. The third-order valence-corrected chi connectivity index (χ3v) is 6.53. The monoisotopic (exact) mass is 421 g/mol. The maximum atomic E-state index is 13.1. The van der Waals surface area contributed by atoms with E-state index in [9.17, 15) is 4.79 Å². The number of ether oxygens (including phenoxy) is 2. The second-order valence-electron chi connectivity index (χ2n) is 8.25. The fourth-order valence-electron chi connectivity index (χ4n) is 4.88. The topological polar surface area (TPSA) is 92.4 Å². The number of amides is 1. The Morgan fingerprint density at radius 2 is 1.90 bits per heavy atom. The van der Waals surface area contributed by atoms with Crippen LogP contribution >= 0.6 is 0 Å². The molecule has 0 spiro atoms. The van der Waals surface area contributed by atoms with Gasteiger partial charge in [-0.15, -0.1) is 0 Å². The average Bonchev–Trinajstić information content (AvgIpc) is 3.50. The molecule has 2 atom stereocenters. The fourth-order valence-corrected chi connectivity index (χ4v) is 4.88. The zero-order valence-corrected chi connectivity index (χ0v) is 18.1. The first kappa shape index (κ1) is 19.8. The van der Waals surface area contributed by atoms with Crippen LogP contribution < -0.4 is 14.8 Å². The van der Waals surface area contributed by atoms with E-state index in [4.69, 9.17) is 14.5 Å². The highest BCUT2D eigenvalue weighted by Crippen LogP contribution is 2.36. The number of fused-ring (bicyclic) bond motifs is 2. The van der Waals surface area contributed by atoms with E-state index in [1.54, 1.807) is 20.4 Å². The number of nitrogens with one attached hydrogen (secondary N) is 2. The van der Waals surface area contributed by atoms with E-state index < -0.39 is 0 Å². The molecule has 2 aromatic heterocycles. The molecule has 162 valence electrons. The van der Waals surface area contributed by atoms with Crippen LogP contribution in [-0.4, -0.2) is 66.2 Å². The van der Waals surface area contributed by atoms with E-state index >= 15 is 0 Å². The molecule has 2 aliphatic rings. The molecule has 8 heteroatoms. The Kier molecular flexibility index (Phi) is 5.02. The predicted molar refractivity (Wildman–Crippen MR) is 118 cm³/mol. The van der Waals surface area contributed by atoms with Crippen LogP contribution in [0.4, 0.5) is 0 Å². The minimum atomic E-state index is -0.0766. The summed E-state index contributed by atoms with van der Waals surface area (Å²) < 4.78 is 10.8. The lowest BCUT2D eigenvalue weighted by Crippen LogP contribution is -2.33. The number of aryl methyl sites for hydroxylation is 1. The van der Waals surface area contributed by atoms with E-state index in [1.165, 1.54) is 0 Å². The average molecular weight is 422 g/mol. The van der Waals surface area contributed by atoms with E-state index in [1.807, 2.05) is 23.1 Å². The molecule has 2 unspecified atom stereocenters. The van der Waals surface area contributed by atoms with E-state index in [-0.39, 0.29) is 11.7 Å². The first-order valence-electron chi connectivity index (χ1n) is 10.7. The van der Waals surface area contributed by atoms with Gasteiger partial charge in [0, 0.05) is 37.3 Å². The Labute approximate surface area is 181 Å². The van der Waals surface area contributed by atoms with Gasteiger partial charge in [0.1, 0.15) is 0 Å². The number of H-pyrrole nitrogens is 1. The molecule has 8 nitrogen and oxygen atoms in total. The zero-order chi connectivity index (χ0) is 21.5. The van der Waals surface area contributed by atoms with Gasteiger partial charge >= 0.3 is 0 Å². The number of rotatable bonds is 5. The lowest BCUT2D eigenvalue weighted by molar-refractivity contribution is 0.0770. The maximum Gasteiger partial charge on any atom is 0.291 e. The molecule has 31 heavy (non-hydrogen) atoms. The first-order chi connectivity index (χ1) is 15.1. The van der Waals surface area contributed by atoms with Gasteiger partial charge in [0.2, 0.25) is 5.82 Å². The maximum absolute atomic E-state index is 13.1. The largest absolute Gasteiger partial charge is 0.493 e. The summed E-state index contributed by atoms with van der Waals surface area (Å²) >= 11 is 0. The lowest BCUT2D eigenvalue weighted by atomic mass is 10.0. The Morgan fingerprint density at radius 3 is 2.58 bits per heavy atom. The minimum Gasteiger partial charge on any atom is -0.493 e. The minimum absolute atomic E-state index is 0.0766. The number of likely N-dealkylation sites (tertiary alicyclic amines) is 1. The summed E-state index contributed by atoms with van der Waals surface area (Å²) in [4.78, 5) is 27.5. The van der Waals surface area contributed by atoms with Crippen LogP contribution in [0, 0.1) is 11.8 Å². The van der Waals surface area contributed by atoms with Crippen LogP contribution in [0.1, 0.15) is 23.1 Å².